The van der Waals surface area contributed by atoms with Crippen LogP contribution in [0.25, 0.3) is 10.2 Å². The number of aromatic nitrogens is 3. The maximum atomic E-state index is 12.9. The van der Waals surface area contributed by atoms with Gasteiger partial charge in [0.2, 0.25) is 5.78 Å². The monoisotopic (exact) mass is 343 g/mol. The molecule has 0 saturated heterocycles. The van der Waals surface area contributed by atoms with E-state index in [4.69, 9.17) is 0 Å². The van der Waals surface area contributed by atoms with Crippen LogP contribution in [0.3, 0.4) is 0 Å². The first-order valence-electron chi connectivity index (χ1n) is 8.06. The van der Waals surface area contributed by atoms with E-state index >= 15 is 0 Å². The highest BCUT2D eigenvalue weighted by Crippen LogP contribution is 2.31. The second kappa shape index (κ2) is 6.02. The minimum Gasteiger partial charge on any atom is -0.302 e. The van der Waals surface area contributed by atoms with Crippen molar-refractivity contribution in [2.45, 2.75) is 46.6 Å². The summed E-state index contributed by atoms with van der Waals surface area (Å²) in [5, 5.41) is 3.93. The molecular formula is C18H21N3O2S. The molecular weight excluding hydrogens is 322 g/mol. The Bertz CT molecular complexity index is 976. The van der Waals surface area contributed by atoms with Gasteiger partial charge in [-0.1, -0.05) is 13.8 Å². The van der Waals surface area contributed by atoms with Crippen molar-refractivity contribution in [3.63, 3.8) is 0 Å². The maximum absolute atomic E-state index is 12.9. The first-order valence-corrected chi connectivity index (χ1v) is 8.87. The minimum atomic E-state index is -0.282. The Morgan fingerprint density at radius 2 is 1.92 bits per heavy atom. The van der Waals surface area contributed by atoms with E-state index in [9.17, 15) is 9.59 Å². The third-order valence-corrected chi connectivity index (χ3v) is 5.45. The highest BCUT2D eigenvalue weighted by Gasteiger charge is 2.21. The number of ketones is 1. The molecule has 126 valence electrons. The van der Waals surface area contributed by atoms with Gasteiger partial charge < -0.3 is 5.10 Å². The molecule has 0 bridgehead atoms. The summed E-state index contributed by atoms with van der Waals surface area (Å²) in [5.41, 5.74) is 2.11. The zero-order chi connectivity index (χ0) is 17.6. The van der Waals surface area contributed by atoms with Gasteiger partial charge in [0.15, 0.2) is 0 Å². The zero-order valence-corrected chi connectivity index (χ0v) is 15.3. The largest absolute Gasteiger partial charge is 0.302 e. The van der Waals surface area contributed by atoms with Gasteiger partial charge in [-0.15, -0.1) is 11.3 Å². The Balaban J connectivity index is 2.11. The first-order chi connectivity index (χ1) is 11.3. The van der Waals surface area contributed by atoms with E-state index in [1.807, 2.05) is 26.8 Å². The Morgan fingerprint density at radius 1 is 1.21 bits per heavy atom. The second-order valence-corrected chi connectivity index (χ2v) is 7.64. The summed E-state index contributed by atoms with van der Waals surface area (Å²) in [4.78, 5) is 29.9. The van der Waals surface area contributed by atoms with Crippen LogP contribution in [-0.4, -0.2) is 20.5 Å². The quantitative estimate of drug-likeness (QED) is 0.727. The number of fused-ring (bicyclic) bond motifs is 1. The van der Waals surface area contributed by atoms with Gasteiger partial charge in [0.25, 0.3) is 5.56 Å². The number of thiazole rings is 1. The zero-order valence-electron chi connectivity index (χ0n) is 14.5. The van der Waals surface area contributed by atoms with Gasteiger partial charge in [-0.25, -0.2) is 4.98 Å². The number of hydrogen-bond acceptors (Lipinski definition) is 4. The summed E-state index contributed by atoms with van der Waals surface area (Å²) >= 11 is 1.65. The van der Waals surface area contributed by atoms with E-state index in [-0.39, 0.29) is 22.9 Å². The molecule has 0 fully saturated rings. The van der Waals surface area contributed by atoms with Crippen molar-refractivity contribution in [3.8, 4) is 0 Å². The Labute approximate surface area is 144 Å². The molecule has 0 saturated carbocycles. The average Bonchev–Trinajstić information content (AvgIpc) is 3.11. The molecule has 0 amide bonds. The van der Waals surface area contributed by atoms with Gasteiger partial charge in [-0.2, -0.15) is 0 Å². The van der Waals surface area contributed by atoms with Gasteiger partial charge >= 0.3 is 0 Å². The van der Waals surface area contributed by atoms with Crippen molar-refractivity contribution in [1.29, 1.82) is 0 Å². The third kappa shape index (κ3) is 2.60. The van der Waals surface area contributed by atoms with Crippen LogP contribution in [0.2, 0.25) is 0 Å². The second-order valence-electron chi connectivity index (χ2n) is 6.58. The van der Waals surface area contributed by atoms with Crippen LogP contribution in [0.15, 0.2) is 23.1 Å². The normalized spacial score (nSPS) is 11.8. The summed E-state index contributed by atoms with van der Waals surface area (Å²) in [5.74, 6) is 0.0954. The molecule has 2 aromatic heterocycles. The van der Waals surface area contributed by atoms with Crippen LogP contribution >= 0.6 is 11.3 Å². The van der Waals surface area contributed by atoms with Crippen molar-refractivity contribution in [2.75, 3.05) is 0 Å². The van der Waals surface area contributed by atoms with Crippen LogP contribution in [0.5, 0.6) is 0 Å². The number of aryl methyl sites for hydroxylation is 1. The highest BCUT2D eigenvalue weighted by molar-refractivity contribution is 7.18. The lowest BCUT2D eigenvalue weighted by Gasteiger charge is -2.05. The molecule has 2 heterocycles. The lowest BCUT2D eigenvalue weighted by Crippen LogP contribution is -2.23. The van der Waals surface area contributed by atoms with Crippen molar-refractivity contribution in [3.05, 3.63) is 50.4 Å². The summed E-state index contributed by atoms with van der Waals surface area (Å²) in [6.07, 6.45) is 1.49. The molecule has 1 aromatic carbocycles. The van der Waals surface area contributed by atoms with E-state index < -0.39 is 0 Å². The predicted molar refractivity (Wildman–Crippen MR) is 97.3 cm³/mol. The number of benzene rings is 1. The minimum absolute atomic E-state index is 0.0187. The van der Waals surface area contributed by atoms with Crippen molar-refractivity contribution in [2.24, 2.45) is 0 Å². The van der Waals surface area contributed by atoms with E-state index in [2.05, 4.69) is 23.9 Å². The molecule has 5 nitrogen and oxygen atoms in total. The van der Waals surface area contributed by atoms with E-state index in [1.54, 1.807) is 17.4 Å². The molecule has 0 radical (unpaired) electrons. The molecule has 0 aliphatic carbocycles. The Hall–Kier alpha value is -2.21. The smallest absolute Gasteiger partial charge is 0.277 e. The molecule has 0 spiro atoms. The summed E-state index contributed by atoms with van der Waals surface area (Å²) in [7, 11) is 0. The summed E-state index contributed by atoms with van der Waals surface area (Å²) in [6.45, 7) is 9.89. The SMILES string of the molecule is Cc1c(C(=O)c2c[nH]n(C(C)C)c2=O)ccc2sc(C(C)C)nc12. The standard InChI is InChI=1S/C18H21N3O2S/c1-9(2)17-20-15-11(5)12(6-7-14(15)24-17)16(22)13-8-19-21(10(3)4)18(13)23/h6-10,19H,1-5H3. The van der Waals surface area contributed by atoms with Crippen LogP contribution in [-0.2, 0) is 0 Å². The van der Waals surface area contributed by atoms with Gasteiger partial charge in [0.05, 0.1) is 15.2 Å². The average molecular weight is 343 g/mol. The number of H-pyrrole nitrogens is 1. The molecule has 1 N–H and O–H groups in total. The Kier molecular flexibility index (Phi) is 4.17. The van der Waals surface area contributed by atoms with E-state index in [1.165, 1.54) is 10.9 Å². The van der Waals surface area contributed by atoms with Crippen molar-refractivity contribution >= 4 is 27.3 Å². The van der Waals surface area contributed by atoms with Crippen molar-refractivity contribution < 1.29 is 4.79 Å². The molecule has 6 heteroatoms. The summed E-state index contributed by atoms with van der Waals surface area (Å²) in [6, 6.07) is 3.70. The van der Waals surface area contributed by atoms with Gasteiger partial charge in [-0.05, 0) is 38.5 Å². The van der Waals surface area contributed by atoms with Crippen LogP contribution < -0.4 is 5.56 Å². The number of rotatable bonds is 4. The fourth-order valence-corrected chi connectivity index (χ4v) is 3.74. The lowest BCUT2D eigenvalue weighted by molar-refractivity contribution is 0.103. The molecule has 3 rings (SSSR count). The van der Waals surface area contributed by atoms with E-state index in [0.29, 0.717) is 11.5 Å². The number of nitrogens with zero attached hydrogens (tertiary/aromatic N) is 2. The fraction of sp³-hybridized carbons (Fsp3) is 0.389. The number of aromatic amines is 1. The first kappa shape index (κ1) is 16.6. The molecule has 3 aromatic rings. The van der Waals surface area contributed by atoms with Crippen LogP contribution in [0.4, 0.5) is 0 Å². The molecule has 0 aliphatic heterocycles. The number of nitrogens with one attached hydrogen (secondary N) is 1. The van der Waals surface area contributed by atoms with Crippen molar-refractivity contribution in [1.82, 2.24) is 14.8 Å². The molecule has 0 unspecified atom stereocenters. The lowest BCUT2D eigenvalue weighted by atomic mass is 10.0. The maximum Gasteiger partial charge on any atom is 0.277 e. The molecule has 0 aliphatic rings. The molecule has 24 heavy (non-hydrogen) atoms. The number of hydrogen-bond donors (Lipinski definition) is 1. The van der Waals surface area contributed by atoms with Gasteiger partial charge in [0.1, 0.15) is 5.56 Å². The Morgan fingerprint density at radius 3 is 2.50 bits per heavy atom. The van der Waals surface area contributed by atoms with Crippen LogP contribution in [0.1, 0.15) is 66.1 Å². The molecule has 0 atom stereocenters. The topological polar surface area (TPSA) is 67.8 Å². The predicted octanol–water partition coefficient (Wildman–Crippen LogP) is 4.03. The number of carbonyl (C=O) groups is 1. The van der Waals surface area contributed by atoms with Crippen LogP contribution in [0, 0.1) is 6.92 Å². The highest BCUT2D eigenvalue weighted by atomic mass is 32.1. The van der Waals surface area contributed by atoms with Gasteiger partial charge in [0, 0.05) is 23.7 Å². The fourth-order valence-electron chi connectivity index (χ4n) is 2.71. The third-order valence-electron chi connectivity index (χ3n) is 4.13. The summed E-state index contributed by atoms with van der Waals surface area (Å²) < 4.78 is 2.53. The van der Waals surface area contributed by atoms with Gasteiger partial charge in [-0.3, -0.25) is 14.3 Å². The number of carbonyl (C=O) groups excluding carboxylic acids is 1. The van der Waals surface area contributed by atoms with E-state index in [0.717, 1.165) is 20.8 Å².